The molecule has 1 aromatic rings. The monoisotopic (exact) mass is 198 g/mol. The molecule has 1 aromatic heterocycles. The Bertz CT molecular complexity index is 244. The molecular weight excluding hydrogens is 187 g/mol. The van der Waals surface area contributed by atoms with Gasteiger partial charge in [0.2, 0.25) is 0 Å². The van der Waals surface area contributed by atoms with Crippen LogP contribution in [0.1, 0.15) is 19.9 Å². The first-order valence-electron chi connectivity index (χ1n) is 3.71. The molecule has 1 rings (SSSR count). The van der Waals surface area contributed by atoms with E-state index in [4.69, 9.17) is 0 Å². The van der Waals surface area contributed by atoms with Crippen molar-refractivity contribution in [1.82, 2.24) is 9.97 Å². The first kappa shape index (κ1) is 12.0. The largest absolute Gasteiger partial charge is 1.00 e. The molecule has 0 radical (unpaired) electrons. The lowest BCUT2D eigenvalue weighted by atomic mass is 10.3. The minimum Gasteiger partial charge on any atom is -0.418 e. The van der Waals surface area contributed by atoms with Gasteiger partial charge >= 0.3 is 8.68 Å². The van der Waals surface area contributed by atoms with Gasteiger partial charge in [0.15, 0.2) is 0 Å². The zero-order valence-corrected chi connectivity index (χ0v) is 7.32. The van der Waals surface area contributed by atoms with E-state index in [1.165, 1.54) is 0 Å². The van der Waals surface area contributed by atoms with Gasteiger partial charge in [-0.05, 0) is 13.3 Å². The average Bonchev–Trinajstić information content (AvgIpc) is 2.31. The van der Waals surface area contributed by atoms with Crippen molar-refractivity contribution in [3.63, 3.8) is 0 Å². The number of halogens is 4. The summed E-state index contributed by atoms with van der Waals surface area (Å²) in [7, 11) is -6.00. The summed E-state index contributed by atoms with van der Waals surface area (Å²) in [6.45, 7) is 4.05. The van der Waals surface area contributed by atoms with Crippen LogP contribution in [0.3, 0.4) is 0 Å². The molecule has 0 bridgehead atoms. The highest BCUT2D eigenvalue weighted by atomic mass is 19.5. The molecule has 1 heterocycles. The number of aromatic amines is 1. The van der Waals surface area contributed by atoms with E-state index < -0.39 is 7.25 Å². The first-order chi connectivity index (χ1) is 5.83. The van der Waals surface area contributed by atoms with Crippen LogP contribution in [0.25, 0.3) is 0 Å². The number of H-pyrrole nitrogens is 1. The van der Waals surface area contributed by atoms with E-state index in [1.54, 1.807) is 0 Å². The third-order valence-corrected chi connectivity index (χ3v) is 1.12. The molecule has 0 spiro atoms. The molecule has 7 heteroatoms. The average molecular weight is 198 g/mol. The predicted molar refractivity (Wildman–Crippen MR) is 44.0 cm³/mol. The molecule has 0 aliphatic heterocycles. The second-order valence-corrected chi connectivity index (χ2v) is 2.33. The topological polar surface area (TPSA) is 28.7 Å². The molecule has 0 aromatic carbocycles. The van der Waals surface area contributed by atoms with Crippen molar-refractivity contribution < 1.29 is 18.7 Å². The summed E-state index contributed by atoms with van der Waals surface area (Å²) in [6, 6.07) is 0. The van der Waals surface area contributed by atoms with Crippen LogP contribution in [-0.4, -0.2) is 17.2 Å². The Morgan fingerprint density at radius 1 is 1.46 bits per heavy atom. The normalized spacial score (nSPS) is 10.6. The van der Waals surface area contributed by atoms with Crippen LogP contribution in [0, 0.1) is 6.92 Å². The summed E-state index contributed by atoms with van der Waals surface area (Å²) in [5.74, 6) is 1.00. The summed E-state index contributed by atoms with van der Waals surface area (Å²) in [5, 5.41) is 0. The molecule has 76 valence electrons. The Hall–Kier alpha value is -1.01. The Morgan fingerprint density at radius 2 is 1.92 bits per heavy atom. The fourth-order valence-electron chi connectivity index (χ4n) is 0.649. The highest BCUT2D eigenvalue weighted by Crippen LogP contribution is 2.06. The molecule has 0 saturated heterocycles. The molecular formula is C6H11BF4N2. The lowest BCUT2D eigenvalue weighted by Gasteiger charge is -1.94. The van der Waals surface area contributed by atoms with Crippen LogP contribution in [0.5, 0.6) is 0 Å². The highest BCUT2D eigenvalue weighted by Gasteiger charge is 2.20. The Morgan fingerprint density at radius 3 is 2.08 bits per heavy atom. The van der Waals surface area contributed by atoms with Gasteiger partial charge in [-0.2, -0.15) is 0 Å². The highest BCUT2D eigenvalue weighted by molar-refractivity contribution is 6.50. The van der Waals surface area contributed by atoms with E-state index in [-0.39, 0.29) is 1.43 Å². The number of hydrogen-bond donors (Lipinski definition) is 1. The summed E-state index contributed by atoms with van der Waals surface area (Å²) in [5.41, 5.74) is 1.14. The van der Waals surface area contributed by atoms with Crippen molar-refractivity contribution in [2.45, 2.75) is 20.3 Å². The van der Waals surface area contributed by atoms with Gasteiger partial charge in [-0.3, -0.25) is 0 Å². The number of aromatic nitrogens is 2. The lowest BCUT2D eigenvalue weighted by molar-refractivity contribution is 0.368. The maximum atomic E-state index is 9.75. The smallest absolute Gasteiger partial charge is 0.418 e. The number of rotatable bonds is 1. The zero-order valence-electron chi connectivity index (χ0n) is 8.32. The van der Waals surface area contributed by atoms with Crippen molar-refractivity contribution in [3.8, 4) is 0 Å². The molecule has 0 atom stereocenters. The van der Waals surface area contributed by atoms with E-state index in [9.17, 15) is 17.3 Å². The van der Waals surface area contributed by atoms with Crippen LogP contribution in [0.4, 0.5) is 17.3 Å². The predicted octanol–water partition coefficient (Wildman–Crippen LogP) is 2.69. The quantitative estimate of drug-likeness (QED) is 0.545. The van der Waals surface area contributed by atoms with Gasteiger partial charge in [0.25, 0.3) is 0 Å². The first-order valence-corrected chi connectivity index (χ1v) is 3.71. The van der Waals surface area contributed by atoms with Crippen molar-refractivity contribution in [3.05, 3.63) is 17.7 Å². The summed E-state index contributed by atoms with van der Waals surface area (Å²) < 4.78 is 39.0. The Labute approximate surface area is 75.0 Å². The maximum absolute atomic E-state index is 9.75. The number of hydrogen-bond acceptors (Lipinski definition) is 1. The fourth-order valence-corrected chi connectivity index (χ4v) is 0.649. The van der Waals surface area contributed by atoms with Gasteiger partial charge in [0.1, 0.15) is 5.82 Å². The molecule has 0 amide bonds. The minimum atomic E-state index is -6.00. The van der Waals surface area contributed by atoms with Crippen molar-refractivity contribution in [1.29, 1.82) is 0 Å². The van der Waals surface area contributed by atoms with Gasteiger partial charge in [-0.25, -0.2) is 4.98 Å². The molecule has 0 aliphatic rings. The van der Waals surface area contributed by atoms with E-state index in [0.717, 1.165) is 17.9 Å². The standard InChI is InChI=1S/C6H10N2.BF4/c1-3-6-4-7-5(2)8-6;2-1(3,4)5/h4H,3H2,1-2H3,(H,7,8);/q;-1/p+1. The maximum Gasteiger partial charge on any atom is 1.00 e. The molecule has 0 saturated carbocycles. The molecule has 0 unspecified atom stereocenters. The molecule has 0 aliphatic carbocycles. The summed E-state index contributed by atoms with van der Waals surface area (Å²) >= 11 is 0. The van der Waals surface area contributed by atoms with E-state index in [1.807, 2.05) is 13.1 Å². The molecule has 13 heavy (non-hydrogen) atoms. The van der Waals surface area contributed by atoms with Crippen LogP contribution in [0.2, 0.25) is 0 Å². The van der Waals surface area contributed by atoms with Gasteiger partial charge in [0.05, 0.1) is 5.69 Å². The van der Waals surface area contributed by atoms with Gasteiger partial charge < -0.3 is 22.2 Å². The van der Waals surface area contributed by atoms with Crippen LogP contribution < -0.4 is 0 Å². The minimum absolute atomic E-state index is 0. The SMILES string of the molecule is CCc1c[nH]c(C)n1.F[B-](F)(F)F.[H+]. The summed E-state index contributed by atoms with van der Waals surface area (Å²) in [6.07, 6.45) is 2.96. The van der Waals surface area contributed by atoms with Crippen LogP contribution in [-0.2, 0) is 6.42 Å². The third kappa shape index (κ3) is 8.90. The van der Waals surface area contributed by atoms with Crippen molar-refractivity contribution >= 4 is 7.25 Å². The van der Waals surface area contributed by atoms with E-state index >= 15 is 0 Å². The lowest BCUT2D eigenvalue weighted by Crippen LogP contribution is -2.02. The summed E-state index contributed by atoms with van der Waals surface area (Å²) in [4.78, 5) is 7.18. The van der Waals surface area contributed by atoms with E-state index in [2.05, 4.69) is 16.9 Å². The zero-order chi connectivity index (χ0) is 10.5. The van der Waals surface area contributed by atoms with Crippen molar-refractivity contribution in [2.75, 3.05) is 0 Å². The van der Waals surface area contributed by atoms with Crippen LogP contribution >= 0.6 is 0 Å². The Kier molecular flexibility index (Phi) is 4.51. The second-order valence-electron chi connectivity index (χ2n) is 2.33. The number of aryl methyl sites for hydroxylation is 2. The molecule has 0 fully saturated rings. The number of imidazole rings is 1. The third-order valence-electron chi connectivity index (χ3n) is 1.12. The Balaban J connectivity index is 0. The molecule has 1 N–H and O–H groups in total. The molecule has 2 nitrogen and oxygen atoms in total. The fraction of sp³-hybridized carbons (Fsp3) is 0.500. The van der Waals surface area contributed by atoms with Crippen LogP contribution in [0.15, 0.2) is 6.20 Å². The van der Waals surface area contributed by atoms with E-state index in [0.29, 0.717) is 0 Å². The van der Waals surface area contributed by atoms with Gasteiger partial charge in [0, 0.05) is 6.20 Å². The van der Waals surface area contributed by atoms with Crippen molar-refractivity contribution in [2.24, 2.45) is 0 Å². The van der Waals surface area contributed by atoms with Gasteiger partial charge in [-0.15, -0.1) is 0 Å². The number of nitrogens with zero attached hydrogens (tertiary/aromatic N) is 1. The second kappa shape index (κ2) is 4.88. The van der Waals surface area contributed by atoms with Gasteiger partial charge in [-0.1, -0.05) is 6.92 Å². The number of nitrogens with one attached hydrogen (secondary N) is 1.